The van der Waals surface area contributed by atoms with Crippen LogP contribution in [0.3, 0.4) is 0 Å². The molecule has 1 aliphatic heterocycles. The van der Waals surface area contributed by atoms with Crippen LogP contribution in [0.5, 0.6) is 0 Å². The van der Waals surface area contributed by atoms with Gasteiger partial charge in [0.25, 0.3) is 0 Å². The van der Waals surface area contributed by atoms with Gasteiger partial charge in [-0.2, -0.15) is 22.8 Å². The first-order valence-electron chi connectivity index (χ1n) is 9.80. The molecule has 154 valence electrons. The maximum absolute atomic E-state index is 13.9. The summed E-state index contributed by atoms with van der Waals surface area (Å²) in [5, 5.41) is 4.01. The highest BCUT2D eigenvalue weighted by Crippen LogP contribution is 2.39. The first-order chi connectivity index (χ1) is 13.8. The molecule has 1 aromatic carbocycles. The molecule has 1 fully saturated rings. The topological polar surface area (TPSA) is 36.7 Å². The summed E-state index contributed by atoms with van der Waals surface area (Å²) < 4.78 is 43.1. The summed E-state index contributed by atoms with van der Waals surface area (Å²) in [5.41, 5.74) is 1.51. The molecule has 8 heteroatoms. The SMILES string of the molecule is CCN1CCN(c2cc(C)nc3c(-c4ccc(C)cc4)c(C(F)(F)F)nn23)CC1. The minimum atomic E-state index is -4.57. The van der Waals surface area contributed by atoms with Crippen molar-refractivity contribution in [3.8, 4) is 11.1 Å². The average Bonchev–Trinajstić information content (AvgIpc) is 3.08. The molecular formula is C21H24F3N5. The van der Waals surface area contributed by atoms with Gasteiger partial charge in [0.2, 0.25) is 0 Å². The number of likely N-dealkylation sites (N-methyl/N-ethyl adjacent to an activating group) is 1. The van der Waals surface area contributed by atoms with E-state index in [-0.39, 0.29) is 11.2 Å². The Morgan fingerprint density at radius 3 is 2.24 bits per heavy atom. The van der Waals surface area contributed by atoms with Gasteiger partial charge in [0, 0.05) is 37.9 Å². The number of benzene rings is 1. The van der Waals surface area contributed by atoms with Crippen LogP contribution >= 0.6 is 0 Å². The van der Waals surface area contributed by atoms with E-state index in [0.717, 1.165) is 38.3 Å². The zero-order valence-electron chi connectivity index (χ0n) is 16.8. The zero-order chi connectivity index (χ0) is 20.8. The van der Waals surface area contributed by atoms with Gasteiger partial charge in [0.15, 0.2) is 11.3 Å². The lowest BCUT2D eigenvalue weighted by molar-refractivity contribution is -0.140. The second kappa shape index (κ2) is 7.33. The van der Waals surface area contributed by atoms with Crippen LogP contribution in [0.4, 0.5) is 19.0 Å². The van der Waals surface area contributed by atoms with Crippen LogP contribution in [-0.4, -0.2) is 52.2 Å². The number of nitrogens with zero attached hydrogens (tertiary/aromatic N) is 5. The predicted octanol–water partition coefficient (Wildman–Crippen LogP) is 4.17. The van der Waals surface area contributed by atoms with Crippen LogP contribution in [0.1, 0.15) is 23.9 Å². The van der Waals surface area contributed by atoms with E-state index in [1.165, 1.54) is 4.52 Å². The fraction of sp³-hybridized carbons (Fsp3) is 0.429. The lowest BCUT2D eigenvalue weighted by Gasteiger charge is -2.35. The quantitative estimate of drug-likeness (QED) is 0.658. The predicted molar refractivity (Wildman–Crippen MR) is 107 cm³/mol. The first kappa shape index (κ1) is 19.7. The van der Waals surface area contributed by atoms with Crippen LogP contribution in [0.25, 0.3) is 16.8 Å². The molecule has 29 heavy (non-hydrogen) atoms. The molecule has 0 radical (unpaired) electrons. The Hall–Kier alpha value is -2.61. The summed E-state index contributed by atoms with van der Waals surface area (Å²) in [5.74, 6) is 0.659. The second-order valence-corrected chi connectivity index (χ2v) is 7.50. The van der Waals surface area contributed by atoms with Gasteiger partial charge >= 0.3 is 6.18 Å². The summed E-state index contributed by atoms with van der Waals surface area (Å²) in [6.07, 6.45) is -4.57. The summed E-state index contributed by atoms with van der Waals surface area (Å²) in [6, 6.07) is 8.83. The number of rotatable bonds is 3. The first-order valence-corrected chi connectivity index (χ1v) is 9.80. The van der Waals surface area contributed by atoms with Crippen LogP contribution in [0.15, 0.2) is 30.3 Å². The van der Waals surface area contributed by atoms with Gasteiger partial charge in [-0.1, -0.05) is 36.8 Å². The second-order valence-electron chi connectivity index (χ2n) is 7.50. The number of hydrogen-bond donors (Lipinski definition) is 0. The number of aryl methyl sites for hydroxylation is 2. The average molecular weight is 403 g/mol. The Morgan fingerprint density at radius 2 is 1.66 bits per heavy atom. The minimum Gasteiger partial charge on any atom is -0.354 e. The Balaban J connectivity index is 1.91. The lowest BCUT2D eigenvalue weighted by Crippen LogP contribution is -2.46. The van der Waals surface area contributed by atoms with Crippen LogP contribution in [0, 0.1) is 13.8 Å². The van der Waals surface area contributed by atoms with Crippen LogP contribution in [0.2, 0.25) is 0 Å². The monoisotopic (exact) mass is 403 g/mol. The van der Waals surface area contributed by atoms with Crippen molar-refractivity contribution in [1.29, 1.82) is 0 Å². The molecule has 0 atom stereocenters. The van der Waals surface area contributed by atoms with E-state index >= 15 is 0 Å². The highest BCUT2D eigenvalue weighted by atomic mass is 19.4. The van der Waals surface area contributed by atoms with Crippen molar-refractivity contribution < 1.29 is 13.2 Å². The van der Waals surface area contributed by atoms with Crippen molar-refractivity contribution in [2.45, 2.75) is 26.9 Å². The molecule has 1 saturated heterocycles. The van der Waals surface area contributed by atoms with E-state index in [9.17, 15) is 13.2 Å². The Kier molecular flexibility index (Phi) is 4.98. The molecule has 1 aliphatic rings. The van der Waals surface area contributed by atoms with E-state index in [2.05, 4.69) is 26.8 Å². The molecule has 0 N–H and O–H groups in total. The maximum Gasteiger partial charge on any atom is 0.435 e. The molecular weight excluding hydrogens is 379 g/mol. The van der Waals surface area contributed by atoms with Gasteiger partial charge in [0.1, 0.15) is 5.82 Å². The highest BCUT2D eigenvalue weighted by molar-refractivity contribution is 5.81. The molecule has 0 spiro atoms. The van der Waals surface area contributed by atoms with Gasteiger partial charge in [0.05, 0.1) is 5.56 Å². The van der Waals surface area contributed by atoms with Gasteiger partial charge in [-0.15, -0.1) is 0 Å². The Labute approximate surface area is 167 Å². The summed E-state index contributed by atoms with van der Waals surface area (Å²) in [6.45, 7) is 10.0. The Bertz CT molecular complexity index is 1020. The van der Waals surface area contributed by atoms with Gasteiger partial charge in [-0.05, 0) is 26.0 Å². The maximum atomic E-state index is 13.9. The summed E-state index contributed by atoms with van der Waals surface area (Å²) in [4.78, 5) is 8.88. The zero-order valence-corrected chi connectivity index (χ0v) is 16.8. The van der Waals surface area contributed by atoms with E-state index < -0.39 is 11.9 Å². The fourth-order valence-electron chi connectivity index (χ4n) is 3.82. The third-order valence-corrected chi connectivity index (χ3v) is 5.45. The molecule has 0 unspecified atom stereocenters. The van der Waals surface area contributed by atoms with Gasteiger partial charge in [-0.25, -0.2) is 4.98 Å². The van der Waals surface area contributed by atoms with Crippen LogP contribution in [-0.2, 0) is 6.18 Å². The molecule has 3 aromatic rings. The largest absolute Gasteiger partial charge is 0.435 e. The van der Waals surface area contributed by atoms with E-state index in [1.807, 2.05) is 19.9 Å². The van der Waals surface area contributed by atoms with Crippen molar-refractivity contribution in [3.63, 3.8) is 0 Å². The van der Waals surface area contributed by atoms with Crippen molar-refractivity contribution in [2.24, 2.45) is 0 Å². The molecule has 4 rings (SSSR count). The third kappa shape index (κ3) is 3.69. The summed E-state index contributed by atoms with van der Waals surface area (Å²) in [7, 11) is 0. The number of fused-ring (bicyclic) bond motifs is 1. The molecule has 0 bridgehead atoms. The number of aromatic nitrogens is 3. The van der Waals surface area contributed by atoms with E-state index in [0.29, 0.717) is 17.1 Å². The number of halogens is 3. The molecule has 0 aliphatic carbocycles. The normalized spacial score (nSPS) is 16.0. The lowest BCUT2D eigenvalue weighted by atomic mass is 10.0. The highest BCUT2D eigenvalue weighted by Gasteiger charge is 2.39. The van der Waals surface area contributed by atoms with Gasteiger partial charge < -0.3 is 9.80 Å². The number of hydrogen-bond acceptors (Lipinski definition) is 4. The van der Waals surface area contributed by atoms with Crippen LogP contribution < -0.4 is 4.90 Å². The van der Waals surface area contributed by atoms with E-state index in [1.54, 1.807) is 24.3 Å². The fourth-order valence-corrected chi connectivity index (χ4v) is 3.82. The van der Waals surface area contributed by atoms with Crippen molar-refractivity contribution in [3.05, 3.63) is 47.3 Å². The molecule has 0 amide bonds. The van der Waals surface area contributed by atoms with Crippen molar-refractivity contribution >= 4 is 11.5 Å². The van der Waals surface area contributed by atoms with Crippen molar-refractivity contribution in [1.82, 2.24) is 19.5 Å². The van der Waals surface area contributed by atoms with E-state index in [4.69, 9.17) is 0 Å². The minimum absolute atomic E-state index is 0.0367. The molecule has 2 aromatic heterocycles. The smallest absolute Gasteiger partial charge is 0.354 e. The number of alkyl halides is 3. The molecule has 0 saturated carbocycles. The van der Waals surface area contributed by atoms with Gasteiger partial charge in [-0.3, -0.25) is 0 Å². The third-order valence-electron chi connectivity index (χ3n) is 5.45. The number of anilines is 1. The Morgan fingerprint density at radius 1 is 1.00 bits per heavy atom. The summed E-state index contributed by atoms with van der Waals surface area (Å²) >= 11 is 0. The number of piperazine rings is 1. The molecule has 5 nitrogen and oxygen atoms in total. The standard InChI is InChI=1S/C21H24F3N5/c1-4-27-9-11-28(12-10-27)17-13-15(3)25-20-18(16-7-5-14(2)6-8-16)19(21(22,23)24)26-29(17)20/h5-8,13H,4,9-12H2,1-3H3. The molecule has 3 heterocycles. The van der Waals surface area contributed by atoms with Crippen molar-refractivity contribution in [2.75, 3.05) is 37.6 Å².